The molecule has 0 aliphatic carbocycles. The first-order valence-electron chi connectivity index (χ1n) is 12.8. The Labute approximate surface area is 242 Å². The maximum absolute atomic E-state index is 13.9. The van der Waals surface area contributed by atoms with Crippen LogP contribution in [0.5, 0.6) is 0 Å². The molecule has 0 bridgehead atoms. The van der Waals surface area contributed by atoms with E-state index < -0.39 is 21.7 Å². The molecule has 6 nitrogen and oxygen atoms in total. The summed E-state index contributed by atoms with van der Waals surface area (Å²) in [6.07, 6.45) is 5.10. The highest BCUT2D eigenvalue weighted by molar-refractivity contribution is 7.90. The fraction of sp³-hybridized carbons (Fsp3) is 0.0625. The van der Waals surface area contributed by atoms with E-state index >= 15 is 0 Å². The molecule has 4 aromatic carbocycles. The molecule has 0 saturated carbocycles. The number of sulfonamides is 1. The molecule has 0 aliphatic rings. The van der Waals surface area contributed by atoms with Gasteiger partial charge >= 0.3 is 0 Å². The van der Waals surface area contributed by atoms with Crippen LogP contribution in [-0.4, -0.2) is 24.5 Å². The molecule has 2 N–H and O–H groups in total. The number of hydrogen-bond acceptors (Lipinski definition) is 4. The van der Waals surface area contributed by atoms with Crippen LogP contribution in [0.15, 0.2) is 108 Å². The predicted molar refractivity (Wildman–Crippen MR) is 161 cm³/mol. The number of carbonyl (C=O) groups excluding carboxylic acids is 1. The molecule has 5 aromatic rings. The first kappa shape index (κ1) is 28.0. The summed E-state index contributed by atoms with van der Waals surface area (Å²) < 4.78 is 40.8. The smallest absolute Gasteiger partial charge is 0.264 e. The molecule has 0 fully saturated rings. The second-order valence-corrected chi connectivity index (χ2v) is 11.3. The number of aromatic amines is 1. The number of nitrogens with zero attached hydrogens (tertiary/aromatic N) is 1. The molecule has 0 saturated heterocycles. The van der Waals surface area contributed by atoms with Gasteiger partial charge in [-0.1, -0.05) is 73.1 Å². The first-order valence-corrected chi connectivity index (χ1v) is 14.6. The van der Waals surface area contributed by atoms with Gasteiger partial charge in [0.2, 0.25) is 0 Å². The third kappa shape index (κ3) is 6.29. The van der Waals surface area contributed by atoms with Gasteiger partial charge in [0, 0.05) is 11.5 Å². The van der Waals surface area contributed by atoms with E-state index in [1.165, 1.54) is 36.4 Å². The molecule has 0 atom stereocenters. The van der Waals surface area contributed by atoms with Crippen molar-refractivity contribution in [1.29, 1.82) is 0 Å². The van der Waals surface area contributed by atoms with Gasteiger partial charge in [-0.05, 0) is 82.3 Å². The van der Waals surface area contributed by atoms with Gasteiger partial charge in [0.15, 0.2) is 0 Å². The molecule has 206 valence electrons. The van der Waals surface area contributed by atoms with E-state index in [9.17, 15) is 17.6 Å². The Bertz CT molecular complexity index is 1900. The molecule has 0 spiro atoms. The van der Waals surface area contributed by atoms with E-state index in [1.807, 2.05) is 54.1 Å². The van der Waals surface area contributed by atoms with Crippen molar-refractivity contribution in [3.63, 3.8) is 0 Å². The minimum Gasteiger partial charge on any atom is -0.278 e. The van der Waals surface area contributed by atoms with E-state index in [0.29, 0.717) is 17.0 Å². The fourth-order valence-electron chi connectivity index (χ4n) is 4.61. The number of H-pyrrole nitrogens is 1. The summed E-state index contributed by atoms with van der Waals surface area (Å²) in [5.41, 5.74) is 6.02. The van der Waals surface area contributed by atoms with Crippen molar-refractivity contribution in [2.45, 2.75) is 18.2 Å². The van der Waals surface area contributed by atoms with Crippen LogP contribution in [0.3, 0.4) is 0 Å². The van der Waals surface area contributed by atoms with E-state index in [0.717, 1.165) is 38.7 Å². The number of allylic oxidation sites excluding steroid dienone is 1. The van der Waals surface area contributed by atoms with Gasteiger partial charge in [-0.25, -0.2) is 17.5 Å². The predicted octanol–water partition coefficient (Wildman–Crippen LogP) is 7.24. The van der Waals surface area contributed by atoms with Crippen molar-refractivity contribution in [1.82, 2.24) is 14.9 Å². The average Bonchev–Trinajstić information content (AvgIpc) is 3.44. The van der Waals surface area contributed by atoms with Crippen molar-refractivity contribution in [2.24, 2.45) is 0 Å². The fourth-order valence-corrected chi connectivity index (χ4v) is 5.85. The maximum atomic E-state index is 13.9. The molecular formula is C32H25ClFN3O3S. The van der Waals surface area contributed by atoms with Crippen molar-refractivity contribution in [3.05, 3.63) is 136 Å². The Morgan fingerprint density at radius 1 is 0.976 bits per heavy atom. The summed E-state index contributed by atoms with van der Waals surface area (Å²) >= 11 is 6.50. The second kappa shape index (κ2) is 11.9. The highest BCUT2D eigenvalue weighted by atomic mass is 35.5. The summed E-state index contributed by atoms with van der Waals surface area (Å²) in [6.45, 7) is 2.02. The molecule has 41 heavy (non-hydrogen) atoms. The van der Waals surface area contributed by atoms with Crippen LogP contribution in [0.1, 0.15) is 35.6 Å². The first-order chi connectivity index (χ1) is 19.7. The molecule has 0 radical (unpaired) electrons. The van der Waals surface area contributed by atoms with Crippen LogP contribution in [0, 0.1) is 5.82 Å². The number of nitrogens with one attached hydrogen (secondary N) is 2. The van der Waals surface area contributed by atoms with Crippen LogP contribution in [0.4, 0.5) is 4.39 Å². The van der Waals surface area contributed by atoms with Crippen molar-refractivity contribution < 1.29 is 17.6 Å². The van der Waals surface area contributed by atoms with Crippen LogP contribution in [0.2, 0.25) is 5.02 Å². The topological polar surface area (TPSA) is 91.9 Å². The highest BCUT2D eigenvalue weighted by Crippen LogP contribution is 2.38. The summed E-state index contributed by atoms with van der Waals surface area (Å²) in [5, 5.41) is 8.35. The quantitative estimate of drug-likeness (QED) is 0.148. The zero-order valence-electron chi connectivity index (χ0n) is 21.9. The lowest BCUT2D eigenvalue weighted by Crippen LogP contribution is -2.28. The Morgan fingerprint density at radius 3 is 2.41 bits per heavy atom. The number of benzene rings is 4. The number of hydrogen-bond donors (Lipinski definition) is 2. The SMILES string of the molecule is CC/C(=C(/c1ccc(/C=C/C(=O)NS(=O)(=O)c2ccccc2)cc1)c1ccc2[nH]ncc2c1)c1ccc(F)cc1Cl. The van der Waals surface area contributed by atoms with Crippen molar-refractivity contribution in [2.75, 3.05) is 0 Å². The number of rotatable bonds is 8. The summed E-state index contributed by atoms with van der Waals surface area (Å²) in [4.78, 5) is 12.4. The zero-order valence-corrected chi connectivity index (χ0v) is 23.5. The lowest BCUT2D eigenvalue weighted by atomic mass is 9.87. The molecule has 9 heteroatoms. The van der Waals surface area contributed by atoms with E-state index in [-0.39, 0.29) is 4.90 Å². The highest BCUT2D eigenvalue weighted by Gasteiger charge is 2.17. The van der Waals surface area contributed by atoms with Gasteiger partial charge < -0.3 is 0 Å². The monoisotopic (exact) mass is 585 g/mol. The second-order valence-electron chi connectivity index (χ2n) is 9.24. The van der Waals surface area contributed by atoms with E-state index in [4.69, 9.17) is 11.6 Å². The van der Waals surface area contributed by atoms with Gasteiger partial charge in [0.1, 0.15) is 5.82 Å². The number of fused-ring (bicyclic) bond motifs is 1. The molecular weight excluding hydrogens is 561 g/mol. The summed E-state index contributed by atoms with van der Waals surface area (Å²) in [6, 6.07) is 25.6. The summed E-state index contributed by atoms with van der Waals surface area (Å²) in [5.74, 6) is -1.17. The third-order valence-corrected chi connectivity index (χ3v) is 8.23. The normalized spacial score (nSPS) is 12.5. The Morgan fingerprint density at radius 2 is 1.71 bits per heavy atom. The van der Waals surface area contributed by atoms with E-state index in [2.05, 4.69) is 10.2 Å². The number of halogens is 2. The molecule has 1 amide bonds. The number of carbonyl (C=O) groups is 1. The lowest BCUT2D eigenvalue weighted by molar-refractivity contribution is -0.114. The van der Waals surface area contributed by atoms with Crippen LogP contribution >= 0.6 is 11.6 Å². The van der Waals surface area contributed by atoms with Gasteiger partial charge in [-0.3, -0.25) is 9.89 Å². The number of amides is 1. The molecule has 1 heterocycles. The van der Waals surface area contributed by atoms with Crippen LogP contribution in [-0.2, 0) is 14.8 Å². The minimum atomic E-state index is -3.97. The van der Waals surface area contributed by atoms with Crippen molar-refractivity contribution >= 4 is 55.7 Å². The lowest BCUT2D eigenvalue weighted by Gasteiger charge is -2.18. The number of aromatic nitrogens is 2. The third-order valence-electron chi connectivity index (χ3n) is 6.56. The Kier molecular flexibility index (Phi) is 8.14. The minimum absolute atomic E-state index is 0.00649. The van der Waals surface area contributed by atoms with Gasteiger partial charge in [-0.15, -0.1) is 0 Å². The molecule has 5 rings (SSSR count). The Hall–Kier alpha value is -4.53. The van der Waals surface area contributed by atoms with Crippen LogP contribution in [0.25, 0.3) is 28.1 Å². The summed E-state index contributed by atoms with van der Waals surface area (Å²) in [7, 11) is -3.97. The van der Waals surface area contributed by atoms with Gasteiger partial charge in [-0.2, -0.15) is 5.10 Å². The standard InChI is InChI=1S/C32H25ClFN3O3S/c1-2-27(28-15-14-25(34)19-29(28)33)32(23-13-16-30-24(18-23)20-35-36-30)22-11-8-21(9-12-22)10-17-31(38)37-41(39,40)26-6-4-3-5-7-26/h3-20H,2H2,1H3,(H,35,36)(H,37,38)/b17-10+,32-27+. The van der Waals surface area contributed by atoms with Gasteiger partial charge in [0.25, 0.3) is 15.9 Å². The van der Waals surface area contributed by atoms with Crippen molar-refractivity contribution in [3.8, 4) is 0 Å². The van der Waals surface area contributed by atoms with E-state index in [1.54, 1.807) is 30.5 Å². The molecule has 1 aromatic heterocycles. The average molecular weight is 586 g/mol. The largest absolute Gasteiger partial charge is 0.278 e. The molecule has 0 aliphatic heterocycles. The zero-order chi connectivity index (χ0) is 29.0. The van der Waals surface area contributed by atoms with Gasteiger partial charge in [0.05, 0.1) is 21.6 Å². The Balaban J connectivity index is 1.49. The van der Waals surface area contributed by atoms with Crippen LogP contribution < -0.4 is 4.72 Å². The maximum Gasteiger partial charge on any atom is 0.264 e. The molecule has 0 unspecified atom stereocenters.